The minimum Gasteiger partial charge on any atom is -0.493 e. The maximum atomic E-state index is 13.2. The molecule has 48 heavy (non-hydrogen) atoms. The Labute approximate surface area is 283 Å². The maximum Gasteiger partial charge on any atom is 0.341 e. The molecule has 0 aliphatic carbocycles. The summed E-state index contributed by atoms with van der Waals surface area (Å²) in [7, 11) is 5.11. The van der Waals surface area contributed by atoms with Gasteiger partial charge in [0, 0.05) is 49.5 Å². The van der Waals surface area contributed by atoms with E-state index in [-0.39, 0.29) is 12.4 Å². The van der Waals surface area contributed by atoms with Crippen LogP contribution in [0.25, 0.3) is 0 Å². The van der Waals surface area contributed by atoms with Gasteiger partial charge in [0.2, 0.25) is 0 Å². The average Bonchev–Trinajstić information content (AvgIpc) is 3.11. The Morgan fingerprint density at radius 3 is 2.12 bits per heavy atom. The topological polar surface area (TPSA) is 83.5 Å². The summed E-state index contributed by atoms with van der Waals surface area (Å²) in [6.07, 6.45) is 6.28. The molecule has 0 aromatic heterocycles. The van der Waals surface area contributed by atoms with Crippen molar-refractivity contribution in [1.29, 1.82) is 0 Å². The minimum atomic E-state index is -0.459. The van der Waals surface area contributed by atoms with Crippen LogP contribution in [0, 0.1) is 0 Å². The van der Waals surface area contributed by atoms with Gasteiger partial charge in [0.25, 0.3) is 0 Å². The van der Waals surface area contributed by atoms with Crippen molar-refractivity contribution in [3.05, 3.63) is 125 Å². The molecule has 0 heterocycles. The standard InChI is InChI=1S/C40H45NO7/c1-6-15-32-36(20-13-21-37(32)48-38-19-12-11-18-33(38)40(43)44-5)45-24-14-25-46-39-27-30(28-47-31-16-9-8-10-17-31)34(26-29(39)7-2)35(42)22-23-41(3)4/h8-13,16-23,26-27H,6-7,14-15,24-25,28H2,1-5H3. The van der Waals surface area contributed by atoms with Crippen molar-refractivity contribution >= 4 is 11.8 Å². The molecular weight excluding hydrogens is 606 g/mol. The molecular formula is C40H45NO7. The van der Waals surface area contributed by atoms with Gasteiger partial charge in [-0.15, -0.1) is 0 Å². The number of hydrogen-bond donors (Lipinski definition) is 0. The molecule has 0 fully saturated rings. The van der Waals surface area contributed by atoms with E-state index in [0.717, 1.165) is 46.8 Å². The summed E-state index contributed by atoms with van der Waals surface area (Å²) in [6, 6.07) is 26.1. The summed E-state index contributed by atoms with van der Waals surface area (Å²) in [6.45, 7) is 5.22. The number of allylic oxidation sites excluding steroid dienone is 1. The SMILES string of the molecule is CCCc1c(OCCCOc2cc(COc3ccccc3)c(C(=O)C=CN(C)C)cc2CC)cccc1Oc1ccccc1C(=O)OC. The van der Waals surface area contributed by atoms with Crippen LogP contribution in [0.2, 0.25) is 0 Å². The Morgan fingerprint density at radius 2 is 1.42 bits per heavy atom. The van der Waals surface area contributed by atoms with Gasteiger partial charge in [0.15, 0.2) is 5.78 Å². The number of benzene rings is 4. The predicted molar refractivity (Wildman–Crippen MR) is 188 cm³/mol. The Balaban J connectivity index is 1.45. The zero-order chi connectivity index (χ0) is 34.3. The molecule has 252 valence electrons. The summed E-state index contributed by atoms with van der Waals surface area (Å²) < 4.78 is 29.7. The number of hydrogen-bond acceptors (Lipinski definition) is 8. The van der Waals surface area contributed by atoms with Crippen molar-refractivity contribution in [2.24, 2.45) is 0 Å². The normalized spacial score (nSPS) is 10.9. The molecule has 0 saturated carbocycles. The van der Waals surface area contributed by atoms with Gasteiger partial charge in [-0.05, 0) is 66.9 Å². The lowest BCUT2D eigenvalue weighted by Crippen LogP contribution is -2.11. The quantitative estimate of drug-likeness (QED) is 0.0459. The van der Waals surface area contributed by atoms with Gasteiger partial charge >= 0.3 is 5.97 Å². The number of nitrogens with zero attached hydrogens (tertiary/aromatic N) is 1. The van der Waals surface area contributed by atoms with E-state index >= 15 is 0 Å². The number of aryl methyl sites for hydroxylation is 1. The second kappa shape index (κ2) is 18.2. The molecule has 0 bridgehead atoms. The van der Waals surface area contributed by atoms with Gasteiger partial charge in [-0.2, -0.15) is 0 Å². The van der Waals surface area contributed by atoms with E-state index in [1.54, 1.807) is 30.5 Å². The number of carbonyl (C=O) groups is 2. The summed E-state index contributed by atoms with van der Waals surface area (Å²) in [5, 5.41) is 0. The van der Waals surface area contributed by atoms with Crippen molar-refractivity contribution in [1.82, 2.24) is 4.90 Å². The van der Waals surface area contributed by atoms with Crippen LogP contribution >= 0.6 is 0 Å². The van der Waals surface area contributed by atoms with Crippen LogP contribution in [0.4, 0.5) is 0 Å². The number of rotatable bonds is 18. The number of para-hydroxylation sites is 2. The van der Waals surface area contributed by atoms with Crippen LogP contribution in [-0.2, 0) is 24.2 Å². The lowest BCUT2D eigenvalue weighted by Gasteiger charge is -2.18. The highest BCUT2D eigenvalue weighted by Crippen LogP contribution is 2.35. The third-order valence-corrected chi connectivity index (χ3v) is 7.50. The van der Waals surface area contributed by atoms with E-state index in [4.69, 9.17) is 23.7 Å². The van der Waals surface area contributed by atoms with Gasteiger partial charge in [-0.25, -0.2) is 4.79 Å². The molecule has 0 unspecified atom stereocenters. The van der Waals surface area contributed by atoms with E-state index < -0.39 is 5.97 Å². The van der Waals surface area contributed by atoms with Crippen molar-refractivity contribution in [2.45, 2.75) is 46.1 Å². The molecule has 0 amide bonds. The van der Waals surface area contributed by atoms with Gasteiger partial charge < -0.3 is 28.6 Å². The summed E-state index contributed by atoms with van der Waals surface area (Å²) >= 11 is 0. The summed E-state index contributed by atoms with van der Waals surface area (Å²) in [5.74, 6) is 2.69. The van der Waals surface area contributed by atoms with Crippen LogP contribution in [0.5, 0.6) is 28.7 Å². The molecule has 0 aliphatic rings. The Bertz CT molecular complexity index is 1680. The second-order valence-corrected chi connectivity index (χ2v) is 11.3. The van der Waals surface area contributed by atoms with Crippen molar-refractivity contribution in [3.63, 3.8) is 0 Å². The Hall–Kier alpha value is -5.24. The third-order valence-electron chi connectivity index (χ3n) is 7.50. The number of ether oxygens (including phenoxy) is 5. The maximum absolute atomic E-state index is 13.2. The third kappa shape index (κ3) is 9.88. The van der Waals surface area contributed by atoms with Crippen molar-refractivity contribution < 1.29 is 33.3 Å². The van der Waals surface area contributed by atoms with E-state index in [1.165, 1.54) is 7.11 Å². The number of ketones is 1. The smallest absolute Gasteiger partial charge is 0.341 e. The molecule has 0 radical (unpaired) electrons. The predicted octanol–water partition coefficient (Wildman–Crippen LogP) is 8.47. The molecule has 4 aromatic carbocycles. The molecule has 4 aromatic rings. The first-order chi connectivity index (χ1) is 23.3. The average molecular weight is 652 g/mol. The number of methoxy groups -OCH3 is 1. The van der Waals surface area contributed by atoms with Gasteiger partial charge in [0.05, 0.1) is 20.3 Å². The molecule has 0 N–H and O–H groups in total. The Morgan fingerprint density at radius 1 is 0.729 bits per heavy atom. The van der Waals surface area contributed by atoms with E-state index in [0.29, 0.717) is 48.7 Å². The molecule has 8 nitrogen and oxygen atoms in total. The van der Waals surface area contributed by atoms with Crippen LogP contribution in [0.1, 0.15) is 64.1 Å². The van der Waals surface area contributed by atoms with Crippen LogP contribution in [0.15, 0.2) is 97.2 Å². The first kappa shape index (κ1) is 35.6. The Kier molecular flexibility index (Phi) is 13.5. The van der Waals surface area contributed by atoms with Crippen molar-refractivity contribution in [3.8, 4) is 28.7 Å². The largest absolute Gasteiger partial charge is 0.493 e. The lowest BCUT2D eigenvalue weighted by atomic mass is 9.98. The van der Waals surface area contributed by atoms with Crippen LogP contribution < -0.4 is 18.9 Å². The molecule has 0 saturated heterocycles. The van der Waals surface area contributed by atoms with Gasteiger partial charge in [0.1, 0.15) is 40.9 Å². The summed E-state index contributed by atoms with van der Waals surface area (Å²) in [5.41, 5.74) is 3.58. The summed E-state index contributed by atoms with van der Waals surface area (Å²) in [4.78, 5) is 27.3. The molecule has 0 aliphatic heterocycles. The zero-order valence-corrected chi connectivity index (χ0v) is 28.5. The zero-order valence-electron chi connectivity index (χ0n) is 28.5. The molecule has 0 atom stereocenters. The highest BCUT2D eigenvalue weighted by atomic mass is 16.5. The second-order valence-electron chi connectivity index (χ2n) is 11.3. The highest BCUT2D eigenvalue weighted by molar-refractivity contribution is 6.05. The van der Waals surface area contributed by atoms with Gasteiger partial charge in [-0.1, -0.05) is 56.7 Å². The van der Waals surface area contributed by atoms with E-state index in [1.807, 2.05) is 92.6 Å². The fraction of sp³-hybridized carbons (Fsp3) is 0.300. The first-order valence-corrected chi connectivity index (χ1v) is 16.3. The van der Waals surface area contributed by atoms with Gasteiger partial charge in [-0.3, -0.25) is 4.79 Å². The lowest BCUT2D eigenvalue weighted by molar-refractivity contribution is 0.0597. The minimum absolute atomic E-state index is 0.0899. The van der Waals surface area contributed by atoms with E-state index in [9.17, 15) is 9.59 Å². The number of carbonyl (C=O) groups excluding carboxylic acids is 2. The fourth-order valence-corrected chi connectivity index (χ4v) is 5.06. The van der Waals surface area contributed by atoms with Crippen LogP contribution in [0.3, 0.4) is 0 Å². The van der Waals surface area contributed by atoms with Crippen LogP contribution in [-0.4, -0.2) is 51.1 Å². The molecule has 8 heteroatoms. The van der Waals surface area contributed by atoms with E-state index in [2.05, 4.69) is 6.92 Å². The number of esters is 1. The molecule has 0 spiro atoms. The fourth-order valence-electron chi connectivity index (χ4n) is 5.06. The highest BCUT2D eigenvalue weighted by Gasteiger charge is 2.18. The monoisotopic (exact) mass is 651 g/mol. The molecule has 4 rings (SSSR count). The first-order valence-electron chi connectivity index (χ1n) is 16.3. The van der Waals surface area contributed by atoms with Crippen molar-refractivity contribution in [2.75, 3.05) is 34.4 Å².